The number of benzene rings is 2. The van der Waals surface area contributed by atoms with Crippen LogP contribution >= 0.6 is 23.2 Å². The second kappa shape index (κ2) is 12.9. The van der Waals surface area contributed by atoms with Crippen LogP contribution in [0.2, 0.25) is 10.2 Å². The van der Waals surface area contributed by atoms with Gasteiger partial charge in [-0.1, -0.05) is 47.5 Å². The van der Waals surface area contributed by atoms with Crippen LogP contribution in [0, 0.1) is 0 Å². The van der Waals surface area contributed by atoms with Gasteiger partial charge < -0.3 is 25.2 Å². The van der Waals surface area contributed by atoms with Gasteiger partial charge in [0.15, 0.2) is 0 Å². The number of anilines is 2. The summed E-state index contributed by atoms with van der Waals surface area (Å²) in [5.41, 5.74) is 1.53. The number of imidazole rings is 1. The number of para-hydroxylation sites is 1. The topological polar surface area (TPSA) is 118 Å². The molecule has 0 saturated carbocycles. The van der Waals surface area contributed by atoms with Crippen molar-refractivity contribution in [3.05, 3.63) is 89.1 Å². The lowest BCUT2D eigenvalue weighted by atomic mass is 10.1. The molecule has 5 rings (SSSR count). The van der Waals surface area contributed by atoms with Crippen molar-refractivity contribution >= 4 is 46.6 Å². The van der Waals surface area contributed by atoms with Crippen LogP contribution in [-0.2, 0) is 11.3 Å². The molecule has 212 valence electrons. The van der Waals surface area contributed by atoms with Crippen molar-refractivity contribution < 1.29 is 14.3 Å². The van der Waals surface area contributed by atoms with E-state index < -0.39 is 0 Å². The van der Waals surface area contributed by atoms with Crippen molar-refractivity contribution in [2.45, 2.75) is 19.0 Å². The first-order chi connectivity index (χ1) is 19.9. The number of aromatic nitrogens is 4. The van der Waals surface area contributed by atoms with Crippen molar-refractivity contribution in [3.8, 4) is 11.7 Å². The molecular weight excluding hydrogens is 567 g/mol. The molecule has 1 atom stereocenters. The van der Waals surface area contributed by atoms with Crippen molar-refractivity contribution in [3.63, 3.8) is 0 Å². The highest BCUT2D eigenvalue weighted by Crippen LogP contribution is 2.26. The Kier molecular flexibility index (Phi) is 8.85. The maximum absolute atomic E-state index is 13.2. The van der Waals surface area contributed by atoms with Crippen LogP contribution < -0.4 is 20.3 Å². The van der Waals surface area contributed by atoms with Crippen molar-refractivity contribution in [2.24, 2.45) is 0 Å². The van der Waals surface area contributed by atoms with Crippen LogP contribution in [0.5, 0.6) is 5.75 Å². The lowest BCUT2D eigenvalue weighted by Crippen LogP contribution is -2.57. The number of rotatable bonds is 8. The molecule has 1 aliphatic rings. The Bertz CT molecular complexity index is 1500. The predicted octanol–water partition coefficient (Wildman–Crippen LogP) is 4.41. The van der Waals surface area contributed by atoms with Crippen LogP contribution in [-0.4, -0.2) is 69.1 Å². The van der Waals surface area contributed by atoms with Gasteiger partial charge in [0, 0.05) is 56.7 Å². The van der Waals surface area contributed by atoms with Gasteiger partial charge in [-0.3, -0.25) is 9.36 Å². The maximum atomic E-state index is 13.2. The standard InChI is InChI=1S/C28H28Cl2N8O3/c1-41-23-8-7-19(13-22(23)29)16-32-26(39)14-21-17-36(28(40)33-20-5-3-2-4-6-20)11-12-38(21)25-15-24(30)34-27(35-25)37-10-9-31-18-37/h2-10,13,15,18,21H,11-12,14,16-17H2,1H3,(H,32,39)(H,33,40). The van der Waals surface area contributed by atoms with E-state index in [0.717, 1.165) is 5.56 Å². The summed E-state index contributed by atoms with van der Waals surface area (Å²) in [7, 11) is 1.55. The van der Waals surface area contributed by atoms with E-state index >= 15 is 0 Å². The smallest absolute Gasteiger partial charge is 0.321 e. The summed E-state index contributed by atoms with van der Waals surface area (Å²) < 4.78 is 6.85. The molecule has 0 aliphatic carbocycles. The van der Waals surface area contributed by atoms with Gasteiger partial charge in [0.2, 0.25) is 11.9 Å². The first-order valence-electron chi connectivity index (χ1n) is 12.9. The fourth-order valence-corrected chi connectivity index (χ4v) is 5.03. The number of carbonyl (C=O) groups is 2. The van der Waals surface area contributed by atoms with E-state index in [4.69, 9.17) is 32.9 Å². The number of nitrogens with one attached hydrogen (secondary N) is 2. The third-order valence-electron chi connectivity index (χ3n) is 6.62. The van der Waals surface area contributed by atoms with Gasteiger partial charge in [0.05, 0.1) is 18.2 Å². The Balaban J connectivity index is 1.34. The molecule has 11 nitrogen and oxygen atoms in total. The Morgan fingerprint density at radius 1 is 1.07 bits per heavy atom. The van der Waals surface area contributed by atoms with Gasteiger partial charge >= 0.3 is 6.03 Å². The monoisotopic (exact) mass is 594 g/mol. The molecule has 0 bridgehead atoms. The molecule has 2 aromatic heterocycles. The number of methoxy groups -OCH3 is 1. The number of carbonyl (C=O) groups excluding carboxylic acids is 2. The molecule has 2 aromatic carbocycles. The Morgan fingerprint density at radius 2 is 1.90 bits per heavy atom. The van der Waals surface area contributed by atoms with Crippen LogP contribution in [0.4, 0.5) is 16.3 Å². The van der Waals surface area contributed by atoms with E-state index in [2.05, 4.69) is 20.6 Å². The lowest BCUT2D eigenvalue weighted by Gasteiger charge is -2.42. The lowest BCUT2D eigenvalue weighted by molar-refractivity contribution is -0.121. The largest absolute Gasteiger partial charge is 0.495 e. The molecule has 0 radical (unpaired) electrons. The van der Waals surface area contributed by atoms with Crippen molar-refractivity contribution in [2.75, 3.05) is 37.0 Å². The maximum Gasteiger partial charge on any atom is 0.321 e. The molecule has 1 aliphatic heterocycles. The van der Waals surface area contributed by atoms with Crippen molar-refractivity contribution in [1.29, 1.82) is 0 Å². The highest BCUT2D eigenvalue weighted by atomic mass is 35.5. The molecule has 4 aromatic rings. The summed E-state index contributed by atoms with van der Waals surface area (Å²) in [6.45, 7) is 1.44. The van der Waals surface area contributed by atoms with Crippen LogP contribution in [0.3, 0.4) is 0 Å². The van der Waals surface area contributed by atoms with Gasteiger partial charge in [0.1, 0.15) is 23.0 Å². The van der Waals surface area contributed by atoms with Crippen LogP contribution in [0.15, 0.2) is 73.3 Å². The molecular formula is C28H28Cl2N8O3. The molecule has 13 heteroatoms. The molecule has 2 N–H and O–H groups in total. The number of hydrogen-bond acceptors (Lipinski definition) is 7. The van der Waals surface area contributed by atoms with E-state index in [1.54, 1.807) is 53.5 Å². The molecule has 41 heavy (non-hydrogen) atoms. The quantitative estimate of drug-likeness (QED) is 0.290. The first kappa shape index (κ1) is 28.2. The fraction of sp³-hybridized carbons (Fsp3) is 0.250. The Labute approximate surface area is 247 Å². The SMILES string of the molecule is COc1ccc(CNC(=O)CC2CN(C(=O)Nc3ccccc3)CCN2c2cc(Cl)nc(-n3ccnc3)n2)cc1Cl. The molecule has 1 saturated heterocycles. The summed E-state index contributed by atoms with van der Waals surface area (Å²) in [6.07, 6.45) is 5.04. The fourth-order valence-electron chi connectivity index (χ4n) is 4.58. The number of piperazine rings is 1. The summed E-state index contributed by atoms with van der Waals surface area (Å²) in [4.78, 5) is 43.0. The zero-order valence-electron chi connectivity index (χ0n) is 22.2. The second-order valence-electron chi connectivity index (χ2n) is 9.36. The molecule has 1 unspecified atom stereocenters. The van der Waals surface area contributed by atoms with Crippen LogP contribution in [0.25, 0.3) is 5.95 Å². The third-order valence-corrected chi connectivity index (χ3v) is 7.11. The number of urea groups is 1. The highest BCUT2D eigenvalue weighted by molar-refractivity contribution is 6.32. The normalized spacial score (nSPS) is 15.0. The van der Waals surface area contributed by atoms with E-state index in [9.17, 15) is 9.59 Å². The van der Waals surface area contributed by atoms with E-state index in [1.165, 1.54) is 0 Å². The van der Waals surface area contributed by atoms with Gasteiger partial charge in [-0.05, 0) is 29.8 Å². The van der Waals surface area contributed by atoms with Gasteiger partial charge in [-0.2, -0.15) is 4.98 Å². The predicted molar refractivity (Wildman–Crippen MR) is 157 cm³/mol. The Morgan fingerprint density at radius 3 is 2.63 bits per heavy atom. The first-order valence-corrected chi connectivity index (χ1v) is 13.6. The number of halogens is 2. The average molecular weight is 595 g/mol. The molecule has 0 spiro atoms. The summed E-state index contributed by atoms with van der Waals surface area (Å²) in [5.74, 6) is 1.28. The number of nitrogens with zero attached hydrogens (tertiary/aromatic N) is 6. The summed E-state index contributed by atoms with van der Waals surface area (Å²) >= 11 is 12.6. The molecule has 3 amide bonds. The molecule has 3 heterocycles. The minimum Gasteiger partial charge on any atom is -0.495 e. The summed E-state index contributed by atoms with van der Waals surface area (Å²) in [6, 6.07) is 15.6. The summed E-state index contributed by atoms with van der Waals surface area (Å²) in [5, 5.41) is 6.60. The highest BCUT2D eigenvalue weighted by Gasteiger charge is 2.32. The average Bonchev–Trinajstić information content (AvgIpc) is 3.52. The van der Waals surface area contributed by atoms with Gasteiger partial charge in [-0.15, -0.1) is 0 Å². The second-order valence-corrected chi connectivity index (χ2v) is 10.2. The zero-order chi connectivity index (χ0) is 28.8. The van der Waals surface area contributed by atoms with Crippen molar-refractivity contribution in [1.82, 2.24) is 29.7 Å². The minimum absolute atomic E-state index is 0.112. The zero-order valence-corrected chi connectivity index (χ0v) is 23.7. The minimum atomic E-state index is -0.383. The molecule has 1 fully saturated rings. The van der Waals surface area contributed by atoms with Gasteiger partial charge in [-0.25, -0.2) is 14.8 Å². The van der Waals surface area contributed by atoms with Crippen LogP contribution in [0.1, 0.15) is 12.0 Å². The van der Waals surface area contributed by atoms with E-state index in [-0.39, 0.29) is 36.1 Å². The number of hydrogen-bond donors (Lipinski definition) is 2. The number of ether oxygens (including phenoxy) is 1. The Hall–Kier alpha value is -4.35. The van der Waals surface area contributed by atoms with E-state index in [0.29, 0.717) is 47.9 Å². The third kappa shape index (κ3) is 7.05. The van der Waals surface area contributed by atoms with Gasteiger partial charge in [0.25, 0.3) is 0 Å². The number of amides is 3. The van der Waals surface area contributed by atoms with E-state index in [1.807, 2.05) is 41.3 Å².